The smallest absolute Gasteiger partial charge is 0.241 e. The Morgan fingerprint density at radius 2 is 1.86 bits per heavy atom. The SMILES string of the molecule is Nc1ccc(S(=O)(=O)NCCN2CCCCCC2)c(Br)c1. The van der Waals surface area contributed by atoms with Crippen LogP contribution in [-0.2, 0) is 10.0 Å². The zero-order chi connectivity index (χ0) is 15.3. The first-order valence-corrected chi connectivity index (χ1v) is 9.54. The average molecular weight is 376 g/mol. The number of nitrogens with one attached hydrogen (secondary N) is 1. The lowest BCUT2D eigenvalue weighted by atomic mass is 10.2. The van der Waals surface area contributed by atoms with Crippen LogP contribution in [-0.4, -0.2) is 39.5 Å². The monoisotopic (exact) mass is 375 g/mol. The number of anilines is 1. The summed E-state index contributed by atoms with van der Waals surface area (Å²) in [5.74, 6) is 0. The summed E-state index contributed by atoms with van der Waals surface area (Å²) >= 11 is 3.25. The summed E-state index contributed by atoms with van der Waals surface area (Å²) in [6, 6.07) is 4.71. The fourth-order valence-electron chi connectivity index (χ4n) is 2.51. The standard InChI is InChI=1S/C14H22BrN3O2S/c15-13-11-12(16)5-6-14(13)21(19,20)17-7-10-18-8-3-1-2-4-9-18/h5-6,11,17H,1-4,7-10,16H2. The fraction of sp³-hybridized carbons (Fsp3) is 0.571. The first-order valence-electron chi connectivity index (χ1n) is 7.26. The van der Waals surface area contributed by atoms with Crippen LogP contribution in [0.5, 0.6) is 0 Å². The Kier molecular flexibility index (Phi) is 6.04. The van der Waals surface area contributed by atoms with Crippen molar-refractivity contribution in [2.45, 2.75) is 30.6 Å². The third kappa shape index (κ3) is 4.95. The molecule has 0 unspecified atom stereocenters. The van der Waals surface area contributed by atoms with E-state index in [1.54, 1.807) is 12.1 Å². The molecular formula is C14H22BrN3O2S. The number of sulfonamides is 1. The van der Waals surface area contributed by atoms with E-state index in [2.05, 4.69) is 25.6 Å². The molecule has 21 heavy (non-hydrogen) atoms. The van der Waals surface area contributed by atoms with Crippen molar-refractivity contribution in [2.75, 3.05) is 31.9 Å². The highest BCUT2D eigenvalue weighted by molar-refractivity contribution is 9.10. The lowest BCUT2D eigenvalue weighted by Crippen LogP contribution is -2.35. The molecule has 0 spiro atoms. The number of hydrogen-bond donors (Lipinski definition) is 2. The lowest BCUT2D eigenvalue weighted by Gasteiger charge is -2.19. The Morgan fingerprint density at radius 1 is 1.19 bits per heavy atom. The minimum atomic E-state index is -3.50. The first-order chi connectivity index (χ1) is 9.99. The van der Waals surface area contributed by atoms with Crippen LogP contribution in [0.3, 0.4) is 0 Å². The highest BCUT2D eigenvalue weighted by Crippen LogP contribution is 2.23. The molecule has 0 aromatic heterocycles. The van der Waals surface area contributed by atoms with E-state index < -0.39 is 10.0 Å². The zero-order valence-electron chi connectivity index (χ0n) is 12.0. The highest BCUT2D eigenvalue weighted by atomic mass is 79.9. The molecule has 0 saturated carbocycles. The molecule has 0 radical (unpaired) electrons. The van der Waals surface area contributed by atoms with E-state index in [1.807, 2.05) is 0 Å². The van der Waals surface area contributed by atoms with Crippen molar-refractivity contribution in [1.82, 2.24) is 9.62 Å². The van der Waals surface area contributed by atoms with Crippen LogP contribution >= 0.6 is 15.9 Å². The lowest BCUT2D eigenvalue weighted by molar-refractivity contribution is 0.290. The molecule has 1 saturated heterocycles. The molecule has 0 bridgehead atoms. The maximum Gasteiger partial charge on any atom is 0.241 e. The molecule has 5 nitrogen and oxygen atoms in total. The maximum atomic E-state index is 12.3. The van der Waals surface area contributed by atoms with E-state index in [4.69, 9.17) is 5.73 Å². The minimum absolute atomic E-state index is 0.229. The van der Waals surface area contributed by atoms with Gasteiger partial charge in [-0.2, -0.15) is 0 Å². The number of halogens is 1. The van der Waals surface area contributed by atoms with Gasteiger partial charge in [0.1, 0.15) is 0 Å². The van der Waals surface area contributed by atoms with Crippen molar-refractivity contribution in [3.63, 3.8) is 0 Å². The van der Waals surface area contributed by atoms with Crippen LogP contribution < -0.4 is 10.5 Å². The number of benzene rings is 1. The molecule has 0 aliphatic carbocycles. The largest absolute Gasteiger partial charge is 0.399 e. The van der Waals surface area contributed by atoms with Gasteiger partial charge in [0, 0.05) is 23.2 Å². The molecule has 1 aromatic carbocycles. The van der Waals surface area contributed by atoms with Gasteiger partial charge in [-0.3, -0.25) is 0 Å². The van der Waals surface area contributed by atoms with Crippen LogP contribution in [0, 0.1) is 0 Å². The molecule has 1 aromatic rings. The Balaban J connectivity index is 1.91. The Bertz CT molecular complexity index is 570. The number of nitrogens with zero attached hydrogens (tertiary/aromatic N) is 1. The fourth-order valence-corrected chi connectivity index (χ4v) is 4.62. The van der Waals surface area contributed by atoms with E-state index in [9.17, 15) is 8.42 Å². The van der Waals surface area contributed by atoms with Gasteiger partial charge in [-0.05, 0) is 60.1 Å². The van der Waals surface area contributed by atoms with Crippen molar-refractivity contribution in [3.05, 3.63) is 22.7 Å². The predicted molar refractivity (Wildman–Crippen MR) is 88.7 cm³/mol. The Labute approximate surface area is 135 Å². The molecule has 1 aliphatic rings. The molecule has 1 aliphatic heterocycles. The summed E-state index contributed by atoms with van der Waals surface area (Å²) < 4.78 is 27.7. The molecule has 1 heterocycles. The number of nitrogen functional groups attached to an aromatic ring is 1. The van der Waals surface area contributed by atoms with Gasteiger partial charge in [-0.25, -0.2) is 13.1 Å². The molecule has 2 rings (SSSR count). The highest BCUT2D eigenvalue weighted by Gasteiger charge is 2.18. The molecule has 118 valence electrons. The molecular weight excluding hydrogens is 354 g/mol. The van der Waals surface area contributed by atoms with Gasteiger partial charge in [-0.15, -0.1) is 0 Å². The van der Waals surface area contributed by atoms with Crippen molar-refractivity contribution >= 4 is 31.6 Å². The topological polar surface area (TPSA) is 75.4 Å². The van der Waals surface area contributed by atoms with Crippen LogP contribution in [0.4, 0.5) is 5.69 Å². The third-order valence-corrected chi connectivity index (χ3v) is 6.10. The number of hydrogen-bond acceptors (Lipinski definition) is 4. The first kappa shape index (κ1) is 16.7. The zero-order valence-corrected chi connectivity index (χ0v) is 14.4. The van der Waals surface area contributed by atoms with E-state index in [0.29, 0.717) is 16.7 Å². The van der Waals surface area contributed by atoms with E-state index in [1.165, 1.54) is 31.7 Å². The summed E-state index contributed by atoms with van der Waals surface area (Å²) in [4.78, 5) is 2.56. The number of nitrogens with two attached hydrogens (primary N) is 1. The van der Waals surface area contributed by atoms with Crippen molar-refractivity contribution in [2.24, 2.45) is 0 Å². The molecule has 3 N–H and O–H groups in total. The second-order valence-corrected chi connectivity index (χ2v) is 7.93. The van der Waals surface area contributed by atoms with Gasteiger partial charge in [0.15, 0.2) is 0 Å². The normalized spacial score (nSPS) is 17.6. The van der Waals surface area contributed by atoms with Gasteiger partial charge in [0.05, 0.1) is 4.90 Å². The quantitative estimate of drug-likeness (QED) is 0.773. The van der Waals surface area contributed by atoms with E-state index in [-0.39, 0.29) is 4.90 Å². The molecule has 1 fully saturated rings. The van der Waals surface area contributed by atoms with Crippen LogP contribution in [0.1, 0.15) is 25.7 Å². The minimum Gasteiger partial charge on any atom is -0.399 e. The molecule has 0 amide bonds. The third-order valence-electron chi connectivity index (χ3n) is 3.66. The van der Waals surface area contributed by atoms with Crippen molar-refractivity contribution in [3.8, 4) is 0 Å². The van der Waals surface area contributed by atoms with Crippen molar-refractivity contribution in [1.29, 1.82) is 0 Å². The van der Waals surface area contributed by atoms with Crippen LogP contribution in [0.15, 0.2) is 27.6 Å². The predicted octanol–water partition coefficient (Wildman–Crippen LogP) is 2.19. The van der Waals surface area contributed by atoms with E-state index in [0.717, 1.165) is 19.6 Å². The maximum absolute atomic E-state index is 12.3. The Hall–Kier alpha value is -0.630. The number of likely N-dealkylation sites (tertiary alicyclic amines) is 1. The van der Waals surface area contributed by atoms with E-state index >= 15 is 0 Å². The van der Waals surface area contributed by atoms with Gasteiger partial charge in [0.25, 0.3) is 0 Å². The van der Waals surface area contributed by atoms with Crippen molar-refractivity contribution < 1.29 is 8.42 Å². The van der Waals surface area contributed by atoms with Gasteiger partial charge in [0.2, 0.25) is 10.0 Å². The molecule has 7 heteroatoms. The number of rotatable bonds is 5. The summed E-state index contributed by atoms with van der Waals surface area (Å²) in [6.07, 6.45) is 4.97. The summed E-state index contributed by atoms with van der Waals surface area (Å²) in [5, 5.41) is 0. The van der Waals surface area contributed by atoms with Gasteiger partial charge >= 0.3 is 0 Å². The summed E-state index contributed by atoms with van der Waals surface area (Å²) in [6.45, 7) is 3.31. The summed E-state index contributed by atoms with van der Waals surface area (Å²) in [5.41, 5.74) is 6.16. The van der Waals surface area contributed by atoms with Crippen LogP contribution in [0.25, 0.3) is 0 Å². The van der Waals surface area contributed by atoms with Crippen LogP contribution in [0.2, 0.25) is 0 Å². The second kappa shape index (κ2) is 7.58. The molecule has 0 atom stereocenters. The second-order valence-electron chi connectivity index (χ2n) is 5.34. The average Bonchev–Trinajstić information content (AvgIpc) is 2.66. The van der Waals surface area contributed by atoms with Gasteiger partial charge in [-0.1, -0.05) is 12.8 Å². The van der Waals surface area contributed by atoms with Gasteiger partial charge < -0.3 is 10.6 Å². The summed E-state index contributed by atoms with van der Waals surface area (Å²) in [7, 11) is -3.50. The Morgan fingerprint density at radius 3 is 2.48 bits per heavy atom.